The molecule has 1 heterocycles. The molecule has 158 valence electrons. The van der Waals surface area contributed by atoms with E-state index in [-0.39, 0.29) is 23.7 Å². The standard InChI is InChI=1S/C23H26N2O5/c1-5-29-21-14-19-11-15(2)30-22(19)13-18(21)9-10-23(26)24(4)16(3)17-7-6-8-20(12-17)25(27)28/h6-10,12-16H,5,11H2,1-4H3/b10-9+/t15-,16-/m1/s1. The molecular weight excluding hydrogens is 384 g/mol. The number of carbonyl (C=O) groups excluding carboxylic acids is 1. The number of hydrogen-bond acceptors (Lipinski definition) is 5. The number of nitro benzene ring substituents is 1. The minimum absolute atomic E-state index is 0.00414. The van der Waals surface area contributed by atoms with Gasteiger partial charge in [-0.1, -0.05) is 12.1 Å². The van der Waals surface area contributed by atoms with E-state index in [0.29, 0.717) is 17.9 Å². The van der Waals surface area contributed by atoms with Crippen molar-refractivity contribution >= 4 is 17.7 Å². The lowest BCUT2D eigenvalue weighted by Crippen LogP contribution is -2.28. The summed E-state index contributed by atoms with van der Waals surface area (Å²) in [6.07, 6.45) is 4.16. The molecule has 0 radical (unpaired) electrons. The Labute approximate surface area is 176 Å². The highest BCUT2D eigenvalue weighted by molar-refractivity contribution is 5.92. The Morgan fingerprint density at radius 2 is 2.17 bits per heavy atom. The highest BCUT2D eigenvalue weighted by atomic mass is 16.6. The van der Waals surface area contributed by atoms with Gasteiger partial charge in [0.1, 0.15) is 17.6 Å². The molecule has 1 aliphatic rings. The number of amides is 1. The van der Waals surface area contributed by atoms with Crippen LogP contribution in [0.3, 0.4) is 0 Å². The van der Waals surface area contributed by atoms with Crippen molar-refractivity contribution in [3.8, 4) is 11.5 Å². The van der Waals surface area contributed by atoms with Gasteiger partial charge >= 0.3 is 0 Å². The third kappa shape index (κ3) is 4.62. The molecule has 2 aromatic rings. The van der Waals surface area contributed by atoms with E-state index >= 15 is 0 Å². The van der Waals surface area contributed by atoms with Gasteiger partial charge in [0, 0.05) is 42.8 Å². The topological polar surface area (TPSA) is 81.9 Å². The first-order chi connectivity index (χ1) is 14.3. The molecule has 0 saturated heterocycles. The van der Waals surface area contributed by atoms with Crippen LogP contribution in [0.4, 0.5) is 5.69 Å². The third-order valence-electron chi connectivity index (χ3n) is 5.23. The predicted octanol–water partition coefficient (Wildman–Crippen LogP) is 4.55. The number of likely N-dealkylation sites (N-methyl/N-ethyl adjacent to an activating group) is 1. The summed E-state index contributed by atoms with van der Waals surface area (Å²) in [6, 6.07) is 9.88. The number of ether oxygens (including phenoxy) is 2. The Hall–Kier alpha value is -3.35. The molecule has 0 fully saturated rings. The number of non-ortho nitro benzene ring substituents is 1. The Kier molecular flexibility index (Phi) is 6.40. The van der Waals surface area contributed by atoms with Gasteiger partial charge in [-0.2, -0.15) is 0 Å². The normalized spacial score (nSPS) is 16.1. The fraction of sp³-hybridized carbons (Fsp3) is 0.348. The van der Waals surface area contributed by atoms with Crippen molar-refractivity contribution in [3.63, 3.8) is 0 Å². The number of nitrogens with zero attached hydrogens (tertiary/aromatic N) is 2. The first-order valence-electron chi connectivity index (χ1n) is 9.95. The van der Waals surface area contributed by atoms with Crippen LogP contribution in [0, 0.1) is 10.1 Å². The van der Waals surface area contributed by atoms with E-state index in [4.69, 9.17) is 9.47 Å². The zero-order chi connectivity index (χ0) is 21.8. The second-order valence-electron chi connectivity index (χ2n) is 7.37. The molecule has 2 aromatic carbocycles. The molecule has 0 N–H and O–H groups in total. The van der Waals surface area contributed by atoms with Gasteiger partial charge in [-0.05, 0) is 44.5 Å². The van der Waals surface area contributed by atoms with Gasteiger partial charge in [-0.15, -0.1) is 0 Å². The first kappa shape index (κ1) is 21.4. The number of rotatable bonds is 7. The SMILES string of the molecule is CCOc1cc2c(cc1/C=C/C(=O)N(C)[C@H](C)c1cccc([N+](=O)[O-])c1)O[C@H](C)C2. The van der Waals surface area contributed by atoms with Crippen molar-refractivity contribution in [2.75, 3.05) is 13.7 Å². The number of benzene rings is 2. The Morgan fingerprint density at radius 1 is 1.40 bits per heavy atom. The largest absolute Gasteiger partial charge is 0.493 e. The summed E-state index contributed by atoms with van der Waals surface area (Å²) in [6.45, 7) is 6.29. The summed E-state index contributed by atoms with van der Waals surface area (Å²) in [5, 5.41) is 11.0. The summed E-state index contributed by atoms with van der Waals surface area (Å²) in [5.74, 6) is 1.31. The van der Waals surface area contributed by atoms with E-state index in [1.807, 2.05) is 32.9 Å². The maximum atomic E-state index is 12.7. The van der Waals surface area contributed by atoms with Gasteiger partial charge in [0.2, 0.25) is 5.91 Å². The van der Waals surface area contributed by atoms with Gasteiger partial charge in [-0.3, -0.25) is 14.9 Å². The first-order valence-corrected chi connectivity index (χ1v) is 9.95. The minimum Gasteiger partial charge on any atom is -0.493 e. The lowest BCUT2D eigenvalue weighted by Gasteiger charge is -2.24. The van der Waals surface area contributed by atoms with Crippen LogP contribution in [0.5, 0.6) is 11.5 Å². The molecule has 30 heavy (non-hydrogen) atoms. The molecular formula is C23H26N2O5. The van der Waals surface area contributed by atoms with Crippen LogP contribution < -0.4 is 9.47 Å². The van der Waals surface area contributed by atoms with Gasteiger partial charge in [0.15, 0.2) is 0 Å². The summed E-state index contributed by atoms with van der Waals surface area (Å²) in [7, 11) is 1.67. The van der Waals surface area contributed by atoms with Crippen molar-refractivity contribution in [3.05, 3.63) is 69.3 Å². The maximum Gasteiger partial charge on any atom is 0.269 e. The van der Waals surface area contributed by atoms with Crippen molar-refractivity contribution < 1.29 is 19.2 Å². The second-order valence-corrected chi connectivity index (χ2v) is 7.37. The summed E-state index contributed by atoms with van der Waals surface area (Å²) < 4.78 is 11.6. The lowest BCUT2D eigenvalue weighted by molar-refractivity contribution is -0.384. The van der Waals surface area contributed by atoms with Crippen LogP contribution in [0.1, 0.15) is 43.5 Å². The third-order valence-corrected chi connectivity index (χ3v) is 5.23. The molecule has 0 unspecified atom stereocenters. The van der Waals surface area contributed by atoms with Gasteiger partial charge in [-0.25, -0.2) is 0 Å². The fourth-order valence-electron chi connectivity index (χ4n) is 3.46. The molecule has 3 rings (SSSR count). The molecule has 2 atom stereocenters. The summed E-state index contributed by atoms with van der Waals surface area (Å²) >= 11 is 0. The fourth-order valence-corrected chi connectivity index (χ4v) is 3.46. The minimum atomic E-state index is -0.440. The van der Waals surface area contributed by atoms with E-state index in [1.165, 1.54) is 18.2 Å². The van der Waals surface area contributed by atoms with Crippen LogP contribution in [0.25, 0.3) is 6.08 Å². The summed E-state index contributed by atoms with van der Waals surface area (Å²) in [5.41, 5.74) is 2.58. The van der Waals surface area contributed by atoms with E-state index in [9.17, 15) is 14.9 Å². The molecule has 0 aromatic heterocycles. The number of carbonyl (C=O) groups is 1. The molecule has 7 nitrogen and oxygen atoms in total. The Morgan fingerprint density at radius 3 is 2.87 bits per heavy atom. The molecule has 1 amide bonds. The Balaban J connectivity index is 1.79. The van der Waals surface area contributed by atoms with Crippen LogP contribution >= 0.6 is 0 Å². The zero-order valence-electron chi connectivity index (χ0n) is 17.6. The number of fused-ring (bicyclic) bond motifs is 1. The number of nitro groups is 1. The molecule has 1 aliphatic heterocycles. The van der Waals surface area contributed by atoms with Crippen LogP contribution in [0.2, 0.25) is 0 Å². The van der Waals surface area contributed by atoms with Gasteiger partial charge in [0.25, 0.3) is 5.69 Å². The molecule has 0 saturated carbocycles. The molecule has 7 heteroatoms. The van der Waals surface area contributed by atoms with Crippen molar-refractivity contribution in [1.82, 2.24) is 4.90 Å². The average molecular weight is 410 g/mol. The molecule has 0 bridgehead atoms. The Bertz CT molecular complexity index is 986. The smallest absolute Gasteiger partial charge is 0.269 e. The predicted molar refractivity (Wildman–Crippen MR) is 115 cm³/mol. The monoisotopic (exact) mass is 410 g/mol. The zero-order valence-corrected chi connectivity index (χ0v) is 17.6. The highest BCUT2D eigenvalue weighted by Crippen LogP contribution is 2.35. The van der Waals surface area contributed by atoms with Crippen molar-refractivity contribution in [1.29, 1.82) is 0 Å². The van der Waals surface area contributed by atoms with Crippen molar-refractivity contribution in [2.45, 2.75) is 39.3 Å². The molecule has 0 spiro atoms. The molecule has 0 aliphatic carbocycles. The van der Waals surface area contributed by atoms with Crippen LogP contribution in [-0.4, -0.2) is 35.5 Å². The summed E-state index contributed by atoms with van der Waals surface area (Å²) in [4.78, 5) is 24.9. The van der Waals surface area contributed by atoms with Gasteiger partial charge in [0.05, 0.1) is 17.6 Å². The highest BCUT2D eigenvalue weighted by Gasteiger charge is 2.22. The van der Waals surface area contributed by atoms with E-state index in [2.05, 4.69) is 0 Å². The lowest BCUT2D eigenvalue weighted by atomic mass is 10.1. The average Bonchev–Trinajstić information content (AvgIpc) is 3.09. The second kappa shape index (κ2) is 8.98. The van der Waals surface area contributed by atoms with E-state index in [0.717, 1.165) is 23.3 Å². The quantitative estimate of drug-likeness (QED) is 0.380. The van der Waals surface area contributed by atoms with E-state index < -0.39 is 4.92 Å². The van der Waals surface area contributed by atoms with Gasteiger partial charge < -0.3 is 14.4 Å². The van der Waals surface area contributed by atoms with E-state index in [1.54, 1.807) is 30.2 Å². The number of hydrogen-bond donors (Lipinski definition) is 0. The maximum absolute atomic E-state index is 12.7. The van der Waals surface area contributed by atoms with Crippen molar-refractivity contribution in [2.24, 2.45) is 0 Å². The van der Waals surface area contributed by atoms with Crippen LogP contribution in [-0.2, 0) is 11.2 Å². The van der Waals surface area contributed by atoms with Crippen LogP contribution in [0.15, 0.2) is 42.5 Å².